The number of aliphatic carboxylic acids is 1. The van der Waals surface area contributed by atoms with Crippen molar-refractivity contribution in [2.24, 2.45) is 11.3 Å². The van der Waals surface area contributed by atoms with E-state index in [-0.39, 0.29) is 17.2 Å². The van der Waals surface area contributed by atoms with Gasteiger partial charge in [-0.05, 0) is 31.1 Å². The highest BCUT2D eigenvalue weighted by Gasteiger charge is 2.59. The van der Waals surface area contributed by atoms with Gasteiger partial charge >= 0.3 is 5.97 Å². The lowest BCUT2D eigenvalue weighted by Crippen LogP contribution is -2.40. The largest absolute Gasteiger partial charge is 0.481 e. The maximum atomic E-state index is 12.1. The Hall–Kier alpha value is -1.43. The van der Waals surface area contributed by atoms with E-state index in [0.29, 0.717) is 25.9 Å². The van der Waals surface area contributed by atoms with Crippen LogP contribution in [-0.4, -0.2) is 40.0 Å². The van der Waals surface area contributed by atoms with Crippen molar-refractivity contribution in [1.82, 2.24) is 9.88 Å². The summed E-state index contributed by atoms with van der Waals surface area (Å²) in [5.41, 5.74) is 2.76. The van der Waals surface area contributed by atoms with Crippen LogP contribution < -0.4 is 0 Å². The zero-order chi connectivity index (χ0) is 14.2. The molecule has 1 atom stereocenters. The molecule has 3 rings (SSSR count). The van der Waals surface area contributed by atoms with Crippen molar-refractivity contribution < 1.29 is 14.7 Å². The maximum Gasteiger partial charge on any atom is 0.307 e. The van der Waals surface area contributed by atoms with E-state index in [1.165, 1.54) is 0 Å². The lowest BCUT2D eigenvalue weighted by atomic mass is 9.90. The Morgan fingerprint density at radius 2 is 2.20 bits per heavy atom. The number of aromatic nitrogens is 1. The van der Waals surface area contributed by atoms with Crippen molar-refractivity contribution in [2.75, 3.05) is 13.1 Å². The van der Waals surface area contributed by atoms with Gasteiger partial charge in [-0.25, -0.2) is 4.98 Å². The third-order valence-electron chi connectivity index (χ3n) is 4.68. The van der Waals surface area contributed by atoms with Crippen LogP contribution in [0.5, 0.6) is 0 Å². The second-order valence-electron chi connectivity index (χ2n) is 5.82. The fourth-order valence-electron chi connectivity index (χ4n) is 3.20. The van der Waals surface area contributed by atoms with E-state index >= 15 is 0 Å². The molecule has 0 radical (unpaired) electrons. The first-order chi connectivity index (χ1) is 9.61. The van der Waals surface area contributed by atoms with Crippen LogP contribution in [0.4, 0.5) is 0 Å². The molecule has 108 valence electrons. The Morgan fingerprint density at radius 3 is 2.75 bits per heavy atom. The quantitative estimate of drug-likeness (QED) is 0.919. The van der Waals surface area contributed by atoms with Gasteiger partial charge < -0.3 is 10.0 Å². The van der Waals surface area contributed by atoms with Crippen LogP contribution in [0, 0.1) is 11.3 Å². The minimum atomic E-state index is -0.673. The van der Waals surface area contributed by atoms with Crippen LogP contribution in [0.3, 0.4) is 0 Å². The highest BCUT2D eigenvalue weighted by atomic mass is 32.1. The zero-order valence-electron chi connectivity index (χ0n) is 11.2. The number of aryl methyl sites for hydroxylation is 1. The molecule has 0 aromatic carbocycles. The number of hydrogen-bond acceptors (Lipinski definition) is 4. The number of carbonyl (C=O) groups excluding carboxylic acids is 1. The van der Waals surface area contributed by atoms with Crippen molar-refractivity contribution in [1.29, 1.82) is 0 Å². The van der Waals surface area contributed by atoms with Gasteiger partial charge in [-0.2, -0.15) is 0 Å². The molecule has 1 aliphatic carbocycles. The summed E-state index contributed by atoms with van der Waals surface area (Å²) in [6.45, 7) is 1.42. The lowest BCUT2D eigenvalue weighted by molar-refractivity contribution is -0.139. The van der Waals surface area contributed by atoms with E-state index in [2.05, 4.69) is 4.98 Å². The van der Waals surface area contributed by atoms with Gasteiger partial charge in [0, 0.05) is 24.9 Å². The predicted molar refractivity (Wildman–Crippen MR) is 74.4 cm³/mol. The number of piperidine rings is 1. The molecule has 1 aromatic rings. The van der Waals surface area contributed by atoms with Crippen molar-refractivity contribution in [3.8, 4) is 0 Å². The Labute approximate surface area is 121 Å². The summed E-state index contributed by atoms with van der Waals surface area (Å²) in [5.74, 6) is -0.677. The van der Waals surface area contributed by atoms with Crippen molar-refractivity contribution >= 4 is 23.2 Å². The molecule has 1 spiro atoms. The van der Waals surface area contributed by atoms with Crippen LogP contribution in [0.25, 0.3) is 0 Å². The number of carboxylic acid groups (broad SMARTS) is 1. The molecule has 20 heavy (non-hydrogen) atoms. The summed E-state index contributed by atoms with van der Waals surface area (Å²) < 4.78 is 0. The van der Waals surface area contributed by atoms with E-state index in [4.69, 9.17) is 5.11 Å². The van der Waals surface area contributed by atoms with Gasteiger partial charge in [-0.3, -0.25) is 9.59 Å². The van der Waals surface area contributed by atoms with Crippen LogP contribution in [0.2, 0.25) is 0 Å². The molecule has 5 nitrogen and oxygen atoms in total. The second-order valence-corrected chi connectivity index (χ2v) is 6.54. The molecule has 6 heteroatoms. The first-order valence-corrected chi connectivity index (χ1v) is 7.93. The first kappa shape index (κ1) is 13.5. The van der Waals surface area contributed by atoms with Crippen molar-refractivity contribution in [3.05, 3.63) is 16.6 Å². The first-order valence-electron chi connectivity index (χ1n) is 6.98. The van der Waals surface area contributed by atoms with Gasteiger partial charge in [0.1, 0.15) is 0 Å². The molecule has 1 saturated carbocycles. The monoisotopic (exact) mass is 294 g/mol. The third kappa shape index (κ3) is 2.57. The number of carboxylic acids is 1. The van der Waals surface area contributed by atoms with E-state index in [9.17, 15) is 9.59 Å². The number of hydrogen-bond donors (Lipinski definition) is 1. The van der Waals surface area contributed by atoms with Crippen LogP contribution in [0.1, 0.15) is 31.4 Å². The highest BCUT2D eigenvalue weighted by molar-refractivity contribution is 7.07. The van der Waals surface area contributed by atoms with Crippen LogP contribution >= 0.6 is 11.3 Å². The van der Waals surface area contributed by atoms with Gasteiger partial charge in [-0.1, -0.05) is 0 Å². The number of amides is 1. The normalized spacial score (nSPS) is 23.8. The third-order valence-corrected chi connectivity index (χ3v) is 5.31. The van der Waals surface area contributed by atoms with E-state index in [1.54, 1.807) is 16.8 Å². The summed E-state index contributed by atoms with van der Waals surface area (Å²) in [4.78, 5) is 29.2. The number of carbonyl (C=O) groups is 2. The average Bonchev–Trinajstić information content (AvgIpc) is 2.90. The van der Waals surface area contributed by atoms with Crippen LogP contribution in [0.15, 0.2) is 10.9 Å². The number of thiazole rings is 1. The molecule has 1 aromatic heterocycles. The molecule has 1 saturated heterocycles. The van der Waals surface area contributed by atoms with Gasteiger partial charge in [0.25, 0.3) is 0 Å². The standard InChI is InChI=1S/C14H18N2O3S/c17-12(2-1-10-8-20-9-15-10)16-5-3-14(4-6-16)7-11(14)13(18)19/h8-9,11H,1-7H2,(H,18,19). The zero-order valence-corrected chi connectivity index (χ0v) is 12.1. The maximum absolute atomic E-state index is 12.1. The van der Waals surface area contributed by atoms with Gasteiger partial charge in [0.15, 0.2) is 0 Å². The number of nitrogens with zero attached hydrogens (tertiary/aromatic N) is 2. The molecule has 1 aliphatic heterocycles. The Morgan fingerprint density at radius 1 is 1.45 bits per heavy atom. The van der Waals surface area contributed by atoms with Crippen LogP contribution in [-0.2, 0) is 16.0 Å². The van der Waals surface area contributed by atoms with Gasteiger partial charge in [-0.15, -0.1) is 11.3 Å². The van der Waals surface area contributed by atoms with Crippen molar-refractivity contribution in [2.45, 2.75) is 32.1 Å². The van der Waals surface area contributed by atoms with Gasteiger partial charge in [0.05, 0.1) is 17.1 Å². The fraction of sp³-hybridized carbons (Fsp3) is 0.643. The molecular formula is C14H18N2O3S. The Balaban J connectivity index is 1.46. The minimum Gasteiger partial charge on any atom is -0.481 e. The second kappa shape index (κ2) is 5.16. The number of likely N-dealkylation sites (tertiary alicyclic amines) is 1. The summed E-state index contributed by atoms with van der Waals surface area (Å²) >= 11 is 1.55. The molecule has 1 N–H and O–H groups in total. The molecule has 2 fully saturated rings. The SMILES string of the molecule is O=C(O)C1CC12CCN(C(=O)CCc1cscn1)CC2. The van der Waals surface area contributed by atoms with Gasteiger partial charge in [0.2, 0.25) is 5.91 Å². The average molecular weight is 294 g/mol. The number of rotatable bonds is 4. The molecule has 2 heterocycles. The molecule has 2 aliphatic rings. The Bertz CT molecular complexity index is 506. The fourth-order valence-corrected chi connectivity index (χ4v) is 3.80. The summed E-state index contributed by atoms with van der Waals surface area (Å²) in [7, 11) is 0. The molecule has 1 unspecified atom stereocenters. The minimum absolute atomic E-state index is 0.00245. The lowest BCUT2D eigenvalue weighted by Gasteiger charge is -2.32. The molecule has 0 bridgehead atoms. The van der Waals surface area contributed by atoms with E-state index in [0.717, 1.165) is 25.0 Å². The Kier molecular flexibility index (Phi) is 3.50. The predicted octanol–water partition coefficient (Wildman–Crippen LogP) is 1.79. The summed E-state index contributed by atoms with van der Waals surface area (Å²) in [5, 5.41) is 11.0. The van der Waals surface area contributed by atoms with E-state index < -0.39 is 5.97 Å². The summed E-state index contributed by atoms with van der Waals surface area (Å²) in [6.07, 6.45) is 3.67. The highest BCUT2D eigenvalue weighted by Crippen LogP contribution is 2.59. The van der Waals surface area contributed by atoms with E-state index in [1.807, 2.05) is 10.3 Å². The smallest absolute Gasteiger partial charge is 0.307 e. The molecule has 1 amide bonds. The van der Waals surface area contributed by atoms with Crippen molar-refractivity contribution in [3.63, 3.8) is 0 Å². The molecular weight excluding hydrogens is 276 g/mol. The topological polar surface area (TPSA) is 70.5 Å². The summed E-state index contributed by atoms with van der Waals surface area (Å²) in [6, 6.07) is 0.